The van der Waals surface area contributed by atoms with Gasteiger partial charge < -0.3 is 10.4 Å². The van der Waals surface area contributed by atoms with Crippen molar-refractivity contribution in [2.45, 2.75) is 6.42 Å². The molecule has 1 saturated heterocycles. The van der Waals surface area contributed by atoms with E-state index in [0.29, 0.717) is 17.8 Å². The van der Waals surface area contributed by atoms with E-state index >= 15 is 0 Å². The third-order valence-electron chi connectivity index (χ3n) is 3.79. The second kappa shape index (κ2) is 6.08. The fraction of sp³-hybridized carbons (Fsp3) is 0.267. The molecule has 126 valence electrons. The first-order valence-corrected chi connectivity index (χ1v) is 9.07. The minimum absolute atomic E-state index is 0.0381. The molecule has 2 heterocycles. The minimum Gasteiger partial charge on any atom is -0.476 e. The van der Waals surface area contributed by atoms with Crippen LogP contribution < -0.4 is 5.32 Å². The van der Waals surface area contributed by atoms with E-state index in [1.807, 2.05) is 0 Å². The van der Waals surface area contributed by atoms with E-state index in [-0.39, 0.29) is 23.1 Å². The summed E-state index contributed by atoms with van der Waals surface area (Å²) in [4.78, 5) is 23.0. The highest BCUT2D eigenvalue weighted by atomic mass is 32.2. The lowest BCUT2D eigenvalue weighted by Gasteiger charge is -2.10. The number of aromatic carboxylic acids is 1. The monoisotopic (exact) mass is 349 g/mol. The van der Waals surface area contributed by atoms with Crippen LogP contribution in [0.25, 0.3) is 5.69 Å². The Morgan fingerprint density at radius 2 is 2.08 bits per heavy atom. The molecule has 2 N–H and O–H groups in total. The Morgan fingerprint density at radius 3 is 2.71 bits per heavy atom. The number of carboxylic acids is 1. The van der Waals surface area contributed by atoms with Gasteiger partial charge in [0.1, 0.15) is 0 Å². The Kier molecular flexibility index (Phi) is 4.10. The summed E-state index contributed by atoms with van der Waals surface area (Å²) < 4.78 is 24.3. The van der Waals surface area contributed by atoms with Crippen LogP contribution in [0.5, 0.6) is 0 Å². The van der Waals surface area contributed by atoms with E-state index in [1.54, 1.807) is 24.3 Å². The Labute approximate surface area is 138 Å². The first-order valence-electron chi connectivity index (χ1n) is 7.25. The van der Waals surface area contributed by atoms with Crippen molar-refractivity contribution >= 4 is 27.4 Å². The van der Waals surface area contributed by atoms with Crippen LogP contribution in [0.15, 0.2) is 36.5 Å². The second-order valence-corrected chi connectivity index (χ2v) is 7.82. The number of hydrogen-bond donors (Lipinski definition) is 2. The van der Waals surface area contributed by atoms with Gasteiger partial charge >= 0.3 is 5.97 Å². The zero-order valence-electron chi connectivity index (χ0n) is 12.5. The van der Waals surface area contributed by atoms with Gasteiger partial charge in [0.25, 0.3) is 0 Å². The molecule has 9 heteroatoms. The van der Waals surface area contributed by atoms with E-state index in [2.05, 4.69) is 10.4 Å². The lowest BCUT2D eigenvalue weighted by Crippen LogP contribution is -2.23. The van der Waals surface area contributed by atoms with Gasteiger partial charge in [-0.15, -0.1) is 0 Å². The SMILES string of the molecule is O=C(O)c1ccn(-c2cccc(NC(=O)C3CCS(=O)(=O)C3)c2)n1. The number of aromatic nitrogens is 2. The van der Waals surface area contributed by atoms with Crippen LogP contribution in [-0.4, -0.2) is 46.7 Å². The van der Waals surface area contributed by atoms with Crippen LogP contribution in [-0.2, 0) is 14.6 Å². The van der Waals surface area contributed by atoms with Crippen molar-refractivity contribution in [3.8, 4) is 5.69 Å². The van der Waals surface area contributed by atoms with Gasteiger partial charge in [-0.25, -0.2) is 17.9 Å². The number of nitrogens with one attached hydrogen (secondary N) is 1. The molecule has 1 aliphatic heterocycles. The molecule has 1 aliphatic rings. The molecule has 1 atom stereocenters. The number of benzene rings is 1. The maximum atomic E-state index is 12.2. The first kappa shape index (κ1) is 16.2. The molecule has 24 heavy (non-hydrogen) atoms. The normalized spacial score (nSPS) is 19.1. The Balaban J connectivity index is 1.75. The van der Waals surface area contributed by atoms with E-state index in [1.165, 1.54) is 16.9 Å². The largest absolute Gasteiger partial charge is 0.476 e. The standard InChI is InChI=1S/C15H15N3O5S/c19-14(10-5-7-24(22,23)9-10)16-11-2-1-3-12(8-11)18-6-4-13(17-18)15(20)21/h1-4,6,8,10H,5,7,9H2,(H,16,19)(H,20,21). The number of hydrogen-bond acceptors (Lipinski definition) is 5. The number of carboxylic acid groups (broad SMARTS) is 1. The maximum absolute atomic E-state index is 12.2. The molecule has 3 rings (SSSR count). The van der Waals surface area contributed by atoms with Crippen LogP contribution in [0.3, 0.4) is 0 Å². The molecular formula is C15H15N3O5S. The highest BCUT2D eigenvalue weighted by Gasteiger charge is 2.32. The highest BCUT2D eigenvalue weighted by Crippen LogP contribution is 2.21. The molecule has 1 fully saturated rings. The summed E-state index contributed by atoms with van der Waals surface area (Å²) in [5, 5.41) is 15.5. The van der Waals surface area contributed by atoms with Crippen molar-refractivity contribution in [3.63, 3.8) is 0 Å². The predicted molar refractivity (Wildman–Crippen MR) is 85.9 cm³/mol. The number of rotatable bonds is 4. The first-order chi connectivity index (χ1) is 11.3. The number of anilines is 1. The van der Waals surface area contributed by atoms with E-state index in [0.717, 1.165) is 0 Å². The summed E-state index contributed by atoms with van der Waals surface area (Å²) >= 11 is 0. The van der Waals surface area contributed by atoms with Crippen molar-refractivity contribution in [2.24, 2.45) is 5.92 Å². The molecule has 1 aromatic heterocycles. The van der Waals surface area contributed by atoms with Crippen LogP contribution >= 0.6 is 0 Å². The van der Waals surface area contributed by atoms with E-state index < -0.39 is 21.7 Å². The number of amides is 1. The van der Waals surface area contributed by atoms with Crippen molar-refractivity contribution < 1.29 is 23.1 Å². The smallest absolute Gasteiger partial charge is 0.356 e. The fourth-order valence-corrected chi connectivity index (χ4v) is 4.30. The van der Waals surface area contributed by atoms with Gasteiger partial charge in [-0.2, -0.15) is 5.10 Å². The zero-order chi connectivity index (χ0) is 17.3. The van der Waals surface area contributed by atoms with Gasteiger partial charge in [0.05, 0.1) is 23.1 Å². The molecule has 0 spiro atoms. The van der Waals surface area contributed by atoms with Crippen LogP contribution in [0.4, 0.5) is 5.69 Å². The number of nitrogens with zero attached hydrogens (tertiary/aromatic N) is 2. The molecule has 8 nitrogen and oxygen atoms in total. The predicted octanol–water partition coefficient (Wildman–Crippen LogP) is 0.944. The summed E-state index contributed by atoms with van der Waals surface area (Å²) in [6, 6.07) is 8.09. The van der Waals surface area contributed by atoms with Gasteiger partial charge in [0.15, 0.2) is 15.5 Å². The van der Waals surface area contributed by atoms with Crippen molar-refractivity contribution in [1.29, 1.82) is 0 Å². The van der Waals surface area contributed by atoms with Gasteiger partial charge in [-0.05, 0) is 30.7 Å². The summed E-state index contributed by atoms with van der Waals surface area (Å²) in [5.74, 6) is -2.08. The van der Waals surface area contributed by atoms with E-state index in [9.17, 15) is 18.0 Å². The fourth-order valence-electron chi connectivity index (χ4n) is 2.55. The number of sulfone groups is 1. The molecule has 0 radical (unpaired) electrons. The van der Waals surface area contributed by atoms with Gasteiger partial charge in [0, 0.05) is 11.9 Å². The van der Waals surface area contributed by atoms with Crippen LogP contribution in [0.2, 0.25) is 0 Å². The quantitative estimate of drug-likeness (QED) is 0.848. The molecule has 2 aromatic rings. The van der Waals surface area contributed by atoms with Crippen LogP contribution in [0.1, 0.15) is 16.9 Å². The highest BCUT2D eigenvalue weighted by molar-refractivity contribution is 7.91. The van der Waals surface area contributed by atoms with Crippen molar-refractivity contribution in [3.05, 3.63) is 42.2 Å². The van der Waals surface area contributed by atoms with E-state index in [4.69, 9.17) is 5.11 Å². The zero-order valence-corrected chi connectivity index (χ0v) is 13.4. The second-order valence-electron chi connectivity index (χ2n) is 5.59. The lowest BCUT2D eigenvalue weighted by atomic mass is 10.1. The topological polar surface area (TPSA) is 118 Å². The summed E-state index contributed by atoms with van der Waals surface area (Å²) in [6.45, 7) is 0. The van der Waals surface area contributed by atoms with Crippen LogP contribution in [0, 0.1) is 5.92 Å². The van der Waals surface area contributed by atoms with Gasteiger partial charge in [-0.3, -0.25) is 4.79 Å². The molecular weight excluding hydrogens is 334 g/mol. The molecule has 0 aliphatic carbocycles. The van der Waals surface area contributed by atoms with Crippen molar-refractivity contribution in [1.82, 2.24) is 9.78 Å². The molecule has 0 saturated carbocycles. The lowest BCUT2D eigenvalue weighted by molar-refractivity contribution is -0.119. The Bertz CT molecular complexity index is 903. The van der Waals surface area contributed by atoms with Crippen molar-refractivity contribution in [2.75, 3.05) is 16.8 Å². The average Bonchev–Trinajstić information content (AvgIpc) is 3.14. The third-order valence-corrected chi connectivity index (χ3v) is 5.56. The molecule has 1 unspecified atom stereocenters. The third kappa shape index (κ3) is 3.46. The molecule has 1 aromatic carbocycles. The maximum Gasteiger partial charge on any atom is 0.356 e. The molecule has 0 bridgehead atoms. The number of carbonyl (C=O) groups excluding carboxylic acids is 1. The average molecular weight is 349 g/mol. The van der Waals surface area contributed by atoms with Gasteiger partial charge in [0.2, 0.25) is 5.91 Å². The number of carbonyl (C=O) groups is 2. The summed E-state index contributed by atoms with van der Waals surface area (Å²) in [7, 11) is -3.12. The van der Waals surface area contributed by atoms with Gasteiger partial charge in [-0.1, -0.05) is 6.07 Å². The summed E-state index contributed by atoms with van der Waals surface area (Å²) in [6.07, 6.45) is 1.84. The molecule has 1 amide bonds. The Morgan fingerprint density at radius 1 is 1.29 bits per heavy atom. The summed E-state index contributed by atoms with van der Waals surface area (Å²) in [5.41, 5.74) is 0.995. The minimum atomic E-state index is -3.12. The Hall–Kier alpha value is -2.68.